The van der Waals surface area contributed by atoms with E-state index in [1.54, 1.807) is 7.11 Å². The summed E-state index contributed by atoms with van der Waals surface area (Å²) in [5.41, 5.74) is 6.50. The van der Waals surface area contributed by atoms with Crippen molar-refractivity contribution in [2.45, 2.75) is 44.2 Å². The van der Waals surface area contributed by atoms with Crippen molar-refractivity contribution in [2.75, 3.05) is 7.11 Å². The lowest BCUT2D eigenvalue weighted by molar-refractivity contribution is -0.126. The van der Waals surface area contributed by atoms with Gasteiger partial charge in [-0.05, 0) is 37.5 Å². The molecule has 1 aromatic rings. The normalized spacial score (nSPS) is 18.9. The topological polar surface area (TPSA) is 64.3 Å². The van der Waals surface area contributed by atoms with Crippen LogP contribution < -0.4 is 15.8 Å². The van der Waals surface area contributed by atoms with Crippen molar-refractivity contribution < 1.29 is 9.53 Å². The van der Waals surface area contributed by atoms with E-state index in [9.17, 15) is 4.79 Å². The Balaban J connectivity index is 2.03. The fraction of sp³-hybridized carbons (Fsp3) is 0.533. The number of nitrogens with one attached hydrogen (secondary N) is 1. The minimum atomic E-state index is -0.673. The molecule has 0 unspecified atom stereocenters. The number of benzene rings is 1. The molecule has 0 radical (unpaired) electrons. The first-order valence-electron chi connectivity index (χ1n) is 6.79. The highest BCUT2D eigenvalue weighted by Crippen LogP contribution is 2.28. The van der Waals surface area contributed by atoms with Crippen molar-refractivity contribution in [1.29, 1.82) is 0 Å². The van der Waals surface area contributed by atoms with Gasteiger partial charge in [0.15, 0.2) is 0 Å². The van der Waals surface area contributed by atoms with Crippen LogP contribution in [0.1, 0.15) is 44.2 Å². The maximum absolute atomic E-state index is 12.2. The molecule has 1 saturated carbocycles. The fourth-order valence-electron chi connectivity index (χ4n) is 2.57. The Hall–Kier alpha value is -1.55. The lowest BCUT2D eigenvalue weighted by Crippen LogP contribution is -2.52. The number of carbonyl (C=O) groups excluding carboxylic acids is 1. The monoisotopic (exact) mass is 262 g/mol. The van der Waals surface area contributed by atoms with Gasteiger partial charge in [0.1, 0.15) is 5.75 Å². The number of methoxy groups -OCH3 is 1. The standard InChI is InChI=1S/C15H22N2O2/c1-11(12-6-5-7-13(10-12)19-2)17-14(18)15(16)8-3-4-9-15/h5-7,10-11H,3-4,8-9,16H2,1-2H3,(H,17,18)/t11-/m1/s1. The molecule has 104 valence electrons. The smallest absolute Gasteiger partial charge is 0.240 e. The predicted molar refractivity (Wildman–Crippen MR) is 74.9 cm³/mol. The Kier molecular flexibility index (Phi) is 4.10. The van der Waals surface area contributed by atoms with Gasteiger partial charge in [-0.1, -0.05) is 25.0 Å². The molecule has 3 N–H and O–H groups in total. The first-order chi connectivity index (χ1) is 9.05. The molecular formula is C15H22N2O2. The molecule has 4 nitrogen and oxygen atoms in total. The van der Waals surface area contributed by atoms with Crippen molar-refractivity contribution in [3.05, 3.63) is 29.8 Å². The van der Waals surface area contributed by atoms with E-state index in [0.29, 0.717) is 0 Å². The summed E-state index contributed by atoms with van der Waals surface area (Å²) in [5, 5.41) is 3.01. The number of ether oxygens (including phenoxy) is 1. The molecule has 0 aliphatic heterocycles. The molecule has 1 fully saturated rings. The summed E-state index contributed by atoms with van der Waals surface area (Å²) in [6.45, 7) is 1.96. The molecular weight excluding hydrogens is 240 g/mol. The minimum Gasteiger partial charge on any atom is -0.497 e. The van der Waals surface area contributed by atoms with Gasteiger partial charge in [0.05, 0.1) is 18.7 Å². The van der Waals surface area contributed by atoms with E-state index < -0.39 is 5.54 Å². The highest BCUT2D eigenvalue weighted by atomic mass is 16.5. The van der Waals surface area contributed by atoms with Gasteiger partial charge in [0, 0.05) is 0 Å². The summed E-state index contributed by atoms with van der Waals surface area (Å²) >= 11 is 0. The number of amides is 1. The average Bonchev–Trinajstić information content (AvgIpc) is 2.87. The highest BCUT2D eigenvalue weighted by Gasteiger charge is 2.37. The van der Waals surface area contributed by atoms with E-state index in [1.165, 1.54) is 0 Å². The summed E-state index contributed by atoms with van der Waals surface area (Å²) in [7, 11) is 1.63. The Morgan fingerprint density at radius 3 is 2.74 bits per heavy atom. The van der Waals surface area contributed by atoms with E-state index in [1.807, 2.05) is 31.2 Å². The third-order valence-electron chi connectivity index (χ3n) is 3.89. The molecule has 0 heterocycles. The third kappa shape index (κ3) is 3.07. The Labute approximate surface area is 114 Å². The number of nitrogens with two attached hydrogens (primary N) is 1. The van der Waals surface area contributed by atoms with Gasteiger partial charge in [0.25, 0.3) is 0 Å². The van der Waals surface area contributed by atoms with Crippen molar-refractivity contribution in [3.8, 4) is 5.75 Å². The van der Waals surface area contributed by atoms with E-state index in [-0.39, 0.29) is 11.9 Å². The molecule has 4 heteroatoms. The number of hydrogen-bond donors (Lipinski definition) is 2. The molecule has 1 amide bonds. The molecule has 1 aromatic carbocycles. The van der Waals surface area contributed by atoms with Gasteiger partial charge in [0.2, 0.25) is 5.91 Å². The maximum atomic E-state index is 12.2. The second-order valence-electron chi connectivity index (χ2n) is 5.34. The molecule has 0 aromatic heterocycles. The number of carbonyl (C=O) groups is 1. The lowest BCUT2D eigenvalue weighted by atomic mass is 9.97. The van der Waals surface area contributed by atoms with Crippen LogP contribution in [0.4, 0.5) is 0 Å². The van der Waals surface area contributed by atoms with Gasteiger partial charge in [-0.25, -0.2) is 0 Å². The highest BCUT2D eigenvalue weighted by molar-refractivity contribution is 5.86. The minimum absolute atomic E-state index is 0.0414. The Bertz CT molecular complexity index is 453. The molecule has 1 atom stereocenters. The zero-order chi connectivity index (χ0) is 13.9. The zero-order valence-corrected chi connectivity index (χ0v) is 11.6. The van der Waals surface area contributed by atoms with Crippen LogP contribution in [0.25, 0.3) is 0 Å². The average molecular weight is 262 g/mol. The van der Waals surface area contributed by atoms with Crippen molar-refractivity contribution in [3.63, 3.8) is 0 Å². The van der Waals surface area contributed by atoms with Gasteiger partial charge in [-0.15, -0.1) is 0 Å². The van der Waals surface area contributed by atoms with Crippen molar-refractivity contribution >= 4 is 5.91 Å². The quantitative estimate of drug-likeness (QED) is 0.873. The van der Waals surface area contributed by atoms with E-state index in [4.69, 9.17) is 10.5 Å². The summed E-state index contributed by atoms with van der Waals surface area (Å²) in [6.07, 6.45) is 3.64. The van der Waals surface area contributed by atoms with E-state index in [0.717, 1.165) is 37.0 Å². The van der Waals surface area contributed by atoms with E-state index in [2.05, 4.69) is 5.32 Å². The molecule has 2 rings (SSSR count). The van der Waals surface area contributed by atoms with E-state index >= 15 is 0 Å². The van der Waals surface area contributed by atoms with Crippen LogP contribution in [0.2, 0.25) is 0 Å². The molecule has 1 aliphatic carbocycles. The van der Waals surface area contributed by atoms with Crippen molar-refractivity contribution in [1.82, 2.24) is 5.32 Å². The summed E-state index contributed by atoms with van der Waals surface area (Å²) < 4.78 is 5.19. The van der Waals surface area contributed by atoms with Gasteiger partial charge in [-0.2, -0.15) is 0 Å². The van der Waals surface area contributed by atoms with Crippen molar-refractivity contribution in [2.24, 2.45) is 5.73 Å². The molecule has 0 spiro atoms. The third-order valence-corrected chi connectivity index (χ3v) is 3.89. The van der Waals surface area contributed by atoms with Crippen LogP contribution in [0.5, 0.6) is 5.75 Å². The Morgan fingerprint density at radius 2 is 2.11 bits per heavy atom. The SMILES string of the molecule is COc1cccc([C@@H](C)NC(=O)C2(N)CCCC2)c1. The van der Waals surface area contributed by atoms with Gasteiger partial charge < -0.3 is 15.8 Å². The predicted octanol–water partition coefficient (Wildman–Crippen LogP) is 2.14. The number of hydrogen-bond acceptors (Lipinski definition) is 3. The maximum Gasteiger partial charge on any atom is 0.240 e. The fourth-order valence-corrected chi connectivity index (χ4v) is 2.57. The summed E-state index contributed by atoms with van der Waals surface area (Å²) in [5.74, 6) is 0.752. The van der Waals surface area contributed by atoms with Gasteiger partial charge >= 0.3 is 0 Å². The largest absolute Gasteiger partial charge is 0.497 e. The zero-order valence-electron chi connectivity index (χ0n) is 11.6. The lowest BCUT2D eigenvalue weighted by Gasteiger charge is -2.25. The number of rotatable bonds is 4. The molecule has 0 saturated heterocycles. The second kappa shape index (κ2) is 5.61. The second-order valence-corrected chi connectivity index (χ2v) is 5.34. The summed E-state index contributed by atoms with van der Waals surface area (Å²) in [4.78, 5) is 12.2. The Morgan fingerprint density at radius 1 is 1.42 bits per heavy atom. The molecule has 19 heavy (non-hydrogen) atoms. The summed E-state index contributed by atoms with van der Waals surface area (Å²) in [6, 6.07) is 7.65. The van der Waals surface area contributed by atoms with Gasteiger partial charge in [-0.3, -0.25) is 4.79 Å². The van der Waals surface area contributed by atoms with Crippen LogP contribution in [0.3, 0.4) is 0 Å². The first kappa shape index (κ1) is 13.9. The van der Waals surface area contributed by atoms with Crippen LogP contribution >= 0.6 is 0 Å². The first-order valence-corrected chi connectivity index (χ1v) is 6.79. The molecule has 1 aliphatic rings. The van der Waals surface area contributed by atoms with Crippen LogP contribution in [0.15, 0.2) is 24.3 Å². The van der Waals surface area contributed by atoms with Crippen LogP contribution in [-0.2, 0) is 4.79 Å². The van der Waals surface area contributed by atoms with Crippen LogP contribution in [0, 0.1) is 0 Å². The molecule has 0 bridgehead atoms. The van der Waals surface area contributed by atoms with Crippen LogP contribution in [-0.4, -0.2) is 18.6 Å².